The first-order valence-electron chi connectivity index (χ1n) is 6.22. The van der Waals surface area contributed by atoms with Crippen LogP contribution in [0.15, 0.2) is 17.2 Å². The first kappa shape index (κ1) is 16.7. The Morgan fingerprint density at radius 1 is 1.50 bits per heavy atom. The van der Waals surface area contributed by atoms with E-state index in [9.17, 15) is 13.2 Å². The molecule has 1 unspecified atom stereocenters. The SMILES string of the molecule is CCCn1cc(S(N)(=O)=O)cc1C(=O)OC(C)COC. The van der Waals surface area contributed by atoms with Crippen LogP contribution in [0.25, 0.3) is 0 Å². The van der Waals surface area contributed by atoms with Gasteiger partial charge in [0.05, 0.1) is 6.61 Å². The van der Waals surface area contributed by atoms with Crippen LogP contribution in [0, 0.1) is 0 Å². The molecule has 20 heavy (non-hydrogen) atoms. The molecular weight excluding hydrogens is 284 g/mol. The number of aromatic nitrogens is 1. The van der Waals surface area contributed by atoms with Crippen molar-refractivity contribution in [3.8, 4) is 0 Å². The molecule has 0 amide bonds. The molecule has 0 fully saturated rings. The van der Waals surface area contributed by atoms with Crippen molar-refractivity contribution in [1.82, 2.24) is 4.57 Å². The van der Waals surface area contributed by atoms with Gasteiger partial charge in [0, 0.05) is 19.9 Å². The molecule has 0 aliphatic heterocycles. The lowest BCUT2D eigenvalue weighted by atomic mass is 10.4. The fraction of sp³-hybridized carbons (Fsp3) is 0.583. The standard InChI is InChI=1S/C12H20N2O5S/c1-4-5-14-7-10(20(13,16)17)6-11(14)12(15)19-9(2)8-18-3/h6-7,9H,4-5,8H2,1-3H3,(H2,13,16,17). The van der Waals surface area contributed by atoms with Gasteiger partial charge in [0.15, 0.2) is 0 Å². The number of nitrogens with zero attached hydrogens (tertiary/aromatic N) is 1. The van der Waals surface area contributed by atoms with Crippen molar-refractivity contribution in [2.24, 2.45) is 5.14 Å². The molecule has 0 aliphatic rings. The van der Waals surface area contributed by atoms with Crippen LogP contribution in [0.5, 0.6) is 0 Å². The summed E-state index contributed by atoms with van der Waals surface area (Å²) in [6.45, 7) is 4.37. The summed E-state index contributed by atoms with van der Waals surface area (Å²) in [6, 6.07) is 1.23. The summed E-state index contributed by atoms with van der Waals surface area (Å²) < 4.78 is 34.3. The Labute approximate surface area is 118 Å². The van der Waals surface area contributed by atoms with Gasteiger partial charge in [-0.3, -0.25) is 0 Å². The van der Waals surface area contributed by atoms with Gasteiger partial charge in [-0.15, -0.1) is 0 Å². The summed E-state index contributed by atoms with van der Waals surface area (Å²) in [6.07, 6.45) is 1.67. The summed E-state index contributed by atoms with van der Waals surface area (Å²) in [5.74, 6) is -0.599. The highest BCUT2D eigenvalue weighted by Crippen LogP contribution is 2.15. The number of carbonyl (C=O) groups is 1. The number of hydrogen-bond acceptors (Lipinski definition) is 5. The highest BCUT2D eigenvalue weighted by molar-refractivity contribution is 7.89. The van der Waals surface area contributed by atoms with E-state index >= 15 is 0 Å². The van der Waals surface area contributed by atoms with E-state index in [0.717, 1.165) is 6.42 Å². The molecule has 1 atom stereocenters. The van der Waals surface area contributed by atoms with E-state index in [0.29, 0.717) is 6.54 Å². The first-order chi connectivity index (χ1) is 9.29. The monoisotopic (exact) mass is 304 g/mol. The maximum absolute atomic E-state index is 12.0. The molecule has 114 valence electrons. The Morgan fingerprint density at radius 3 is 2.65 bits per heavy atom. The van der Waals surface area contributed by atoms with Crippen LogP contribution >= 0.6 is 0 Å². The molecule has 0 saturated carbocycles. The number of hydrogen-bond donors (Lipinski definition) is 1. The molecule has 0 aromatic carbocycles. The van der Waals surface area contributed by atoms with Crippen LogP contribution < -0.4 is 5.14 Å². The second-order valence-electron chi connectivity index (χ2n) is 4.47. The van der Waals surface area contributed by atoms with Crippen molar-refractivity contribution in [2.75, 3.05) is 13.7 Å². The lowest BCUT2D eigenvalue weighted by Gasteiger charge is -2.13. The van der Waals surface area contributed by atoms with Crippen LogP contribution in [-0.2, 0) is 26.0 Å². The zero-order valence-electron chi connectivity index (χ0n) is 11.8. The first-order valence-corrected chi connectivity index (χ1v) is 7.77. The largest absolute Gasteiger partial charge is 0.456 e. The number of rotatable bonds is 7. The number of methoxy groups -OCH3 is 1. The second kappa shape index (κ2) is 6.87. The van der Waals surface area contributed by atoms with Crippen LogP contribution in [0.3, 0.4) is 0 Å². The predicted octanol–water partition coefficient (Wildman–Crippen LogP) is 0.737. The van der Waals surface area contributed by atoms with Gasteiger partial charge in [0.2, 0.25) is 10.0 Å². The van der Waals surface area contributed by atoms with E-state index in [1.807, 2.05) is 6.92 Å². The van der Waals surface area contributed by atoms with Gasteiger partial charge in [-0.2, -0.15) is 0 Å². The number of primary sulfonamides is 1. The van der Waals surface area contributed by atoms with Gasteiger partial charge in [0.1, 0.15) is 16.7 Å². The number of ether oxygens (including phenoxy) is 2. The fourth-order valence-corrected chi connectivity index (χ4v) is 2.30. The number of nitrogens with two attached hydrogens (primary N) is 1. The molecule has 1 aromatic heterocycles. The highest BCUT2D eigenvalue weighted by atomic mass is 32.2. The van der Waals surface area contributed by atoms with Crippen molar-refractivity contribution in [1.29, 1.82) is 0 Å². The predicted molar refractivity (Wildman–Crippen MR) is 72.8 cm³/mol. The molecule has 0 aliphatic carbocycles. The highest BCUT2D eigenvalue weighted by Gasteiger charge is 2.21. The summed E-state index contributed by atoms with van der Waals surface area (Å²) in [5.41, 5.74) is 0.166. The Bertz CT molecular complexity index is 564. The van der Waals surface area contributed by atoms with Gasteiger partial charge in [-0.05, 0) is 19.4 Å². The average Bonchev–Trinajstić information content (AvgIpc) is 2.73. The molecule has 1 aromatic rings. The lowest BCUT2D eigenvalue weighted by Crippen LogP contribution is -2.21. The van der Waals surface area contributed by atoms with Gasteiger partial charge < -0.3 is 14.0 Å². The van der Waals surface area contributed by atoms with Crippen molar-refractivity contribution in [3.05, 3.63) is 18.0 Å². The quantitative estimate of drug-likeness (QED) is 0.749. The number of carbonyl (C=O) groups excluding carboxylic acids is 1. The van der Waals surface area contributed by atoms with Crippen molar-refractivity contribution in [2.45, 2.75) is 37.8 Å². The molecule has 7 nitrogen and oxygen atoms in total. The zero-order chi connectivity index (χ0) is 15.3. The van der Waals surface area contributed by atoms with E-state index in [1.165, 1.54) is 23.9 Å². The van der Waals surface area contributed by atoms with Gasteiger partial charge in [-0.1, -0.05) is 6.92 Å². The van der Waals surface area contributed by atoms with Crippen molar-refractivity contribution >= 4 is 16.0 Å². The second-order valence-corrected chi connectivity index (χ2v) is 6.03. The minimum atomic E-state index is -3.85. The molecule has 1 rings (SSSR count). The Kier molecular flexibility index (Phi) is 5.73. The van der Waals surface area contributed by atoms with Crippen molar-refractivity contribution in [3.63, 3.8) is 0 Å². The Balaban J connectivity index is 3.03. The Hall–Kier alpha value is -1.38. The summed E-state index contributed by atoms with van der Waals surface area (Å²) in [5, 5.41) is 5.07. The number of esters is 1. The van der Waals surface area contributed by atoms with E-state index in [-0.39, 0.29) is 17.2 Å². The smallest absolute Gasteiger partial charge is 0.355 e. The van der Waals surface area contributed by atoms with Crippen molar-refractivity contribution < 1.29 is 22.7 Å². The third kappa shape index (κ3) is 4.32. The van der Waals surface area contributed by atoms with E-state index in [1.54, 1.807) is 6.92 Å². The molecule has 8 heteroatoms. The third-order valence-electron chi connectivity index (χ3n) is 2.58. The summed E-state index contributed by atoms with van der Waals surface area (Å²) >= 11 is 0. The van der Waals surface area contributed by atoms with E-state index in [4.69, 9.17) is 14.6 Å². The number of aryl methyl sites for hydroxylation is 1. The van der Waals surface area contributed by atoms with Gasteiger partial charge >= 0.3 is 5.97 Å². The molecule has 0 spiro atoms. The molecule has 0 bridgehead atoms. The van der Waals surface area contributed by atoms with E-state index in [2.05, 4.69) is 0 Å². The van der Waals surface area contributed by atoms with Gasteiger partial charge in [-0.25, -0.2) is 18.4 Å². The maximum Gasteiger partial charge on any atom is 0.355 e. The Morgan fingerprint density at radius 2 is 2.15 bits per heavy atom. The minimum Gasteiger partial charge on any atom is -0.456 e. The topological polar surface area (TPSA) is 101 Å². The average molecular weight is 304 g/mol. The van der Waals surface area contributed by atoms with Crippen LogP contribution in [0.2, 0.25) is 0 Å². The summed E-state index contributed by atoms with van der Waals surface area (Å²) in [4.78, 5) is 11.9. The molecule has 2 N–H and O–H groups in total. The lowest BCUT2D eigenvalue weighted by molar-refractivity contribution is 0.0109. The maximum atomic E-state index is 12.0. The molecule has 0 saturated heterocycles. The zero-order valence-corrected chi connectivity index (χ0v) is 12.6. The van der Waals surface area contributed by atoms with Crippen LogP contribution in [0.1, 0.15) is 30.8 Å². The fourth-order valence-electron chi connectivity index (χ4n) is 1.75. The molecule has 0 radical (unpaired) electrons. The summed E-state index contributed by atoms with van der Waals surface area (Å²) in [7, 11) is -2.35. The van der Waals surface area contributed by atoms with E-state index < -0.39 is 22.1 Å². The normalized spacial score (nSPS) is 13.2. The van der Waals surface area contributed by atoms with Gasteiger partial charge in [0.25, 0.3) is 0 Å². The third-order valence-corrected chi connectivity index (χ3v) is 3.46. The van der Waals surface area contributed by atoms with Crippen LogP contribution in [-0.4, -0.2) is 38.8 Å². The molecular formula is C12H20N2O5S. The molecule has 1 heterocycles. The number of sulfonamides is 1. The minimum absolute atomic E-state index is 0.0997. The van der Waals surface area contributed by atoms with Crippen LogP contribution in [0.4, 0.5) is 0 Å².